The number of amides is 3. The highest BCUT2D eigenvalue weighted by molar-refractivity contribution is 5.99. The Kier molecular flexibility index (Phi) is 11.0. The Hall–Kier alpha value is -5.23. The molecule has 11 nitrogen and oxygen atoms in total. The van der Waals surface area contributed by atoms with Crippen LogP contribution in [-0.2, 0) is 42.5 Å². The Morgan fingerprint density at radius 3 is 2.33 bits per heavy atom. The predicted molar refractivity (Wildman–Crippen MR) is 195 cm³/mol. The first-order valence-electron chi connectivity index (χ1n) is 17.3. The fourth-order valence-electron chi connectivity index (χ4n) is 6.70. The van der Waals surface area contributed by atoms with Gasteiger partial charge in [-0.25, -0.2) is 0 Å². The molecule has 3 atom stereocenters. The summed E-state index contributed by atoms with van der Waals surface area (Å²) in [6.45, 7) is 4.96. The average Bonchev–Trinajstić information content (AvgIpc) is 3.49. The number of rotatable bonds is 14. The Balaban J connectivity index is 1.25. The van der Waals surface area contributed by atoms with Crippen LogP contribution in [0.1, 0.15) is 54.5 Å². The number of hydrogen-bond acceptors (Lipinski definition) is 8. The van der Waals surface area contributed by atoms with Crippen LogP contribution in [0, 0.1) is 5.92 Å². The molecule has 3 amide bonds. The van der Waals surface area contributed by atoms with E-state index in [9.17, 15) is 14.4 Å². The molecule has 0 aliphatic carbocycles. The van der Waals surface area contributed by atoms with Gasteiger partial charge in [-0.05, 0) is 66.3 Å². The number of nitrogen functional groups attached to an aromatic ring is 1. The van der Waals surface area contributed by atoms with Crippen molar-refractivity contribution in [2.75, 3.05) is 30.8 Å². The minimum Gasteiger partial charge on any atom is -0.456 e. The molecule has 1 spiro atoms. The highest BCUT2D eigenvalue weighted by Gasteiger charge is 2.49. The maximum Gasteiger partial charge on any atom is 0.247 e. The van der Waals surface area contributed by atoms with E-state index in [4.69, 9.17) is 25.7 Å². The van der Waals surface area contributed by atoms with E-state index in [1.54, 1.807) is 12.1 Å². The summed E-state index contributed by atoms with van der Waals surface area (Å²) in [4.78, 5) is 40.4. The largest absolute Gasteiger partial charge is 0.456 e. The van der Waals surface area contributed by atoms with Crippen LogP contribution in [0.4, 0.5) is 11.4 Å². The quantitative estimate of drug-likeness (QED) is 0.0933. The van der Waals surface area contributed by atoms with Gasteiger partial charge in [-0.2, -0.15) is 0 Å². The third kappa shape index (κ3) is 7.91. The number of nitrogens with two attached hydrogens (primary N) is 2. The van der Waals surface area contributed by atoms with Gasteiger partial charge in [0.15, 0.2) is 5.60 Å². The molecule has 11 heteroatoms. The van der Waals surface area contributed by atoms with Crippen LogP contribution >= 0.6 is 0 Å². The van der Waals surface area contributed by atoms with Gasteiger partial charge in [-0.1, -0.05) is 68.4 Å². The number of carbonyl (C=O) groups excluding carboxylic acids is 3. The summed E-state index contributed by atoms with van der Waals surface area (Å²) in [5.41, 5.74) is 16.4. The van der Waals surface area contributed by atoms with Crippen LogP contribution in [0.25, 0.3) is 0 Å². The van der Waals surface area contributed by atoms with Crippen LogP contribution < -0.4 is 32.2 Å². The first kappa shape index (κ1) is 35.6. The van der Waals surface area contributed by atoms with Crippen molar-refractivity contribution < 1.29 is 28.6 Å². The summed E-state index contributed by atoms with van der Waals surface area (Å²) in [6, 6.07) is 26.7. The maximum absolute atomic E-state index is 14.0. The fourth-order valence-corrected chi connectivity index (χ4v) is 6.70. The molecule has 2 heterocycles. The second-order valence-corrected chi connectivity index (χ2v) is 13.4. The Labute approximate surface area is 298 Å². The lowest BCUT2D eigenvalue weighted by Crippen LogP contribution is -2.54. The number of anilines is 2. The predicted octanol–water partition coefficient (Wildman–Crippen LogP) is 4.76. The zero-order chi connectivity index (χ0) is 36.0. The van der Waals surface area contributed by atoms with E-state index < -0.39 is 35.4 Å². The van der Waals surface area contributed by atoms with Crippen molar-refractivity contribution in [2.24, 2.45) is 11.7 Å². The van der Waals surface area contributed by atoms with E-state index in [0.29, 0.717) is 55.5 Å². The third-order valence-corrected chi connectivity index (χ3v) is 9.07. The molecule has 0 aromatic heterocycles. The van der Waals surface area contributed by atoms with Gasteiger partial charge in [0.25, 0.3) is 0 Å². The summed E-state index contributed by atoms with van der Waals surface area (Å²) in [6.07, 6.45) is 1.23. The number of carbonyl (C=O) groups is 3. The van der Waals surface area contributed by atoms with E-state index in [-0.39, 0.29) is 18.9 Å². The molecular formula is C40H45N5O6. The summed E-state index contributed by atoms with van der Waals surface area (Å²) >= 11 is 0. The summed E-state index contributed by atoms with van der Waals surface area (Å²) in [5.74, 6) is -0.127. The first-order valence-corrected chi connectivity index (χ1v) is 17.3. The van der Waals surface area contributed by atoms with Crippen LogP contribution in [-0.4, -0.2) is 49.6 Å². The smallest absolute Gasteiger partial charge is 0.247 e. The van der Waals surface area contributed by atoms with Crippen LogP contribution in [0.15, 0.2) is 91.0 Å². The fraction of sp³-hybridized carbons (Fsp3) is 0.325. The van der Waals surface area contributed by atoms with Gasteiger partial charge >= 0.3 is 0 Å². The highest BCUT2D eigenvalue weighted by atomic mass is 16.5. The Morgan fingerprint density at radius 2 is 1.57 bits per heavy atom. The summed E-state index contributed by atoms with van der Waals surface area (Å²) in [5, 5.41) is 8.70. The topological polar surface area (TPSA) is 167 Å². The van der Waals surface area contributed by atoms with Gasteiger partial charge in [-0.3, -0.25) is 14.4 Å². The lowest BCUT2D eigenvalue weighted by Gasteiger charge is -2.37. The average molecular weight is 692 g/mol. The van der Waals surface area contributed by atoms with E-state index in [1.807, 2.05) is 80.6 Å². The van der Waals surface area contributed by atoms with Crippen molar-refractivity contribution in [3.8, 4) is 11.5 Å². The molecule has 51 heavy (non-hydrogen) atoms. The van der Waals surface area contributed by atoms with E-state index >= 15 is 0 Å². The maximum atomic E-state index is 14.0. The van der Waals surface area contributed by atoms with Crippen molar-refractivity contribution in [1.29, 1.82) is 0 Å². The second-order valence-electron chi connectivity index (χ2n) is 13.4. The molecule has 0 bridgehead atoms. The van der Waals surface area contributed by atoms with Crippen molar-refractivity contribution in [1.82, 2.24) is 10.6 Å². The zero-order valence-corrected chi connectivity index (χ0v) is 28.9. The number of hydrogen-bond donors (Lipinski definition) is 5. The van der Waals surface area contributed by atoms with Crippen LogP contribution in [0.2, 0.25) is 0 Å². The molecule has 7 N–H and O–H groups in total. The number of benzene rings is 4. The Morgan fingerprint density at radius 1 is 0.843 bits per heavy atom. The third-order valence-electron chi connectivity index (χ3n) is 9.07. The minimum absolute atomic E-state index is 0.0932. The van der Waals surface area contributed by atoms with Crippen molar-refractivity contribution in [2.45, 2.75) is 57.4 Å². The minimum atomic E-state index is -0.957. The van der Waals surface area contributed by atoms with Crippen molar-refractivity contribution in [3.05, 3.63) is 119 Å². The Bertz CT molecular complexity index is 1880. The lowest BCUT2D eigenvalue weighted by atomic mass is 9.77. The van der Waals surface area contributed by atoms with E-state index in [2.05, 4.69) is 28.1 Å². The molecule has 0 radical (unpaired) electrons. The molecular weight excluding hydrogens is 646 g/mol. The standard InChI is InChI=1S/C40H45N5O6/c1-25(2)19-33(44-37(46)24-49-18-8-17-41)39(48)45-34(20-26-9-4-3-5-10-26)38(47)43-29-14-16-32-36(22-29)51-35-21-28(42)13-15-31(35)40(32)30-12-7-6-11-27(30)23-50-40/h3-7,9-16,21-22,25,33-34H,8,17-20,23-24,41-42H2,1-2H3,(H,43,47)(H,44,46)(H,45,48)/t33-,34-,40?/m0/s1. The number of fused-ring (bicyclic) bond motifs is 6. The second kappa shape index (κ2) is 15.8. The molecule has 2 aliphatic heterocycles. The van der Waals surface area contributed by atoms with Gasteiger partial charge < -0.3 is 41.6 Å². The van der Waals surface area contributed by atoms with Gasteiger partial charge in [0, 0.05) is 47.7 Å². The van der Waals surface area contributed by atoms with E-state index in [0.717, 1.165) is 27.8 Å². The molecule has 6 rings (SSSR count). The van der Waals surface area contributed by atoms with Crippen LogP contribution in [0.5, 0.6) is 11.5 Å². The molecule has 1 unspecified atom stereocenters. The normalized spacial score (nSPS) is 16.7. The molecule has 4 aromatic carbocycles. The zero-order valence-electron chi connectivity index (χ0n) is 28.9. The molecule has 0 fully saturated rings. The van der Waals surface area contributed by atoms with Gasteiger partial charge in [0.1, 0.15) is 30.2 Å². The molecule has 4 aromatic rings. The van der Waals surface area contributed by atoms with Gasteiger partial charge in [-0.15, -0.1) is 0 Å². The van der Waals surface area contributed by atoms with Crippen molar-refractivity contribution in [3.63, 3.8) is 0 Å². The molecule has 266 valence electrons. The lowest BCUT2D eigenvalue weighted by molar-refractivity contribution is -0.133. The number of nitrogens with one attached hydrogen (secondary N) is 3. The van der Waals surface area contributed by atoms with Gasteiger partial charge in [0.05, 0.1) is 6.61 Å². The monoisotopic (exact) mass is 691 g/mol. The van der Waals surface area contributed by atoms with E-state index in [1.165, 1.54) is 0 Å². The molecule has 2 aliphatic rings. The highest BCUT2D eigenvalue weighted by Crippen LogP contribution is 2.56. The first-order chi connectivity index (χ1) is 24.7. The van der Waals surface area contributed by atoms with Crippen LogP contribution in [0.3, 0.4) is 0 Å². The van der Waals surface area contributed by atoms with Crippen molar-refractivity contribution >= 4 is 29.1 Å². The number of ether oxygens (including phenoxy) is 3. The summed E-state index contributed by atoms with van der Waals surface area (Å²) in [7, 11) is 0. The molecule has 0 saturated carbocycles. The van der Waals surface area contributed by atoms with Gasteiger partial charge in [0.2, 0.25) is 17.7 Å². The molecule has 0 saturated heterocycles. The SMILES string of the molecule is CC(C)C[C@H](NC(=O)COCCCN)C(=O)N[C@@H](Cc1ccccc1)C(=O)Nc1ccc2c(c1)Oc1cc(N)ccc1C21OCc2ccccc21. The summed E-state index contributed by atoms with van der Waals surface area (Å²) < 4.78 is 18.4.